The zero-order valence-electron chi connectivity index (χ0n) is 21.8. The standard InChI is InChI=1S/C31H32FNO6/c1-37-27-16-15-21-18-33(30(34)28(20-9-3-2-4-10-20)39-23-12-6-7-13-23)26(31(35)36)17-24(21)29(27)38-19-22-11-5-8-14-25(22)32/h2-5,8-11,14-16,23,26,28H,6-7,12-13,17-19H2,1H3,(H,35,36)/t26-,28-/m0/s1. The average Bonchev–Trinajstić information content (AvgIpc) is 3.48. The molecule has 1 aliphatic carbocycles. The predicted molar refractivity (Wildman–Crippen MR) is 142 cm³/mol. The van der Waals surface area contributed by atoms with Crippen molar-refractivity contribution >= 4 is 11.9 Å². The van der Waals surface area contributed by atoms with Crippen LogP contribution in [0.2, 0.25) is 0 Å². The number of carboxylic acid groups (broad SMARTS) is 1. The number of hydrogen-bond donors (Lipinski definition) is 1. The highest BCUT2D eigenvalue weighted by atomic mass is 19.1. The molecule has 1 aliphatic heterocycles. The molecule has 0 spiro atoms. The van der Waals surface area contributed by atoms with Crippen LogP contribution in [0, 0.1) is 5.82 Å². The van der Waals surface area contributed by atoms with Crippen molar-refractivity contribution in [1.29, 1.82) is 0 Å². The van der Waals surface area contributed by atoms with Crippen LogP contribution in [0.5, 0.6) is 11.5 Å². The Bertz CT molecular complexity index is 1320. The number of fused-ring (bicyclic) bond motifs is 1. The van der Waals surface area contributed by atoms with Crippen LogP contribution in [0.4, 0.5) is 4.39 Å². The number of carbonyl (C=O) groups is 2. The summed E-state index contributed by atoms with van der Waals surface area (Å²) < 4.78 is 32.1. The number of methoxy groups -OCH3 is 1. The Morgan fingerprint density at radius 3 is 2.44 bits per heavy atom. The molecule has 5 rings (SSSR count). The third-order valence-corrected chi connectivity index (χ3v) is 7.51. The molecule has 0 unspecified atom stereocenters. The lowest BCUT2D eigenvalue weighted by atomic mass is 9.91. The minimum atomic E-state index is -1.13. The van der Waals surface area contributed by atoms with Crippen molar-refractivity contribution in [3.05, 3.63) is 94.8 Å². The number of amides is 1. The first-order chi connectivity index (χ1) is 19.0. The minimum Gasteiger partial charge on any atom is -0.493 e. The Balaban J connectivity index is 1.46. The zero-order chi connectivity index (χ0) is 27.4. The molecular formula is C31H32FNO6. The predicted octanol–water partition coefficient (Wildman–Crippen LogP) is 5.45. The number of carboxylic acids is 1. The third kappa shape index (κ3) is 5.76. The van der Waals surface area contributed by atoms with E-state index < -0.39 is 23.9 Å². The first-order valence-electron chi connectivity index (χ1n) is 13.2. The fourth-order valence-corrected chi connectivity index (χ4v) is 5.43. The quantitative estimate of drug-likeness (QED) is 0.394. The third-order valence-electron chi connectivity index (χ3n) is 7.51. The van der Waals surface area contributed by atoms with Gasteiger partial charge in [0.15, 0.2) is 17.6 Å². The maximum atomic E-state index is 14.2. The Kier molecular flexibility index (Phi) is 8.12. The molecular weight excluding hydrogens is 501 g/mol. The van der Waals surface area contributed by atoms with Crippen molar-refractivity contribution in [2.24, 2.45) is 0 Å². The first-order valence-corrected chi connectivity index (χ1v) is 13.2. The number of carbonyl (C=O) groups excluding carboxylic acids is 1. The van der Waals surface area contributed by atoms with Crippen LogP contribution in [0.1, 0.15) is 54.0 Å². The molecule has 1 saturated carbocycles. The van der Waals surface area contributed by atoms with Crippen LogP contribution in [-0.2, 0) is 33.9 Å². The lowest BCUT2D eigenvalue weighted by Gasteiger charge is -2.37. The van der Waals surface area contributed by atoms with E-state index in [9.17, 15) is 19.1 Å². The maximum absolute atomic E-state index is 14.2. The second-order valence-corrected chi connectivity index (χ2v) is 9.97. The van der Waals surface area contributed by atoms with Crippen molar-refractivity contribution in [2.75, 3.05) is 7.11 Å². The Labute approximate surface area is 227 Å². The van der Waals surface area contributed by atoms with Crippen LogP contribution in [0.25, 0.3) is 0 Å². The fourth-order valence-electron chi connectivity index (χ4n) is 5.43. The Morgan fingerprint density at radius 1 is 1.03 bits per heavy atom. The van der Waals surface area contributed by atoms with Gasteiger partial charge in [0.2, 0.25) is 0 Å². The van der Waals surface area contributed by atoms with Gasteiger partial charge in [0.1, 0.15) is 18.5 Å². The number of hydrogen-bond acceptors (Lipinski definition) is 5. The van der Waals surface area contributed by atoms with Gasteiger partial charge in [-0.15, -0.1) is 0 Å². The summed E-state index contributed by atoms with van der Waals surface area (Å²) in [6, 6.07) is 18.0. The summed E-state index contributed by atoms with van der Waals surface area (Å²) in [4.78, 5) is 27.9. The molecule has 1 amide bonds. The molecule has 3 aromatic carbocycles. The summed E-state index contributed by atoms with van der Waals surface area (Å²) in [6.07, 6.45) is 2.94. The molecule has 8 heteroatoms. The molecule has 2 atom stereocenters. The van der Waals surface area contributed by atoms with Gasteiger partial charge in [0.25, 0.3) is 5.91 Å². The van der Waals surface area contributed by atoms with E-state index in [2.05, 4.69) is 0 Å². The maximum Gasteiger partial charge on any atom is 0.326 e. The number of rotatable bonds is 9. The van der Waals surface area contributed by atoms with Crippen LogP contribution in [0.15, 0.2) is 66.7 Å². The Hall–Kier alpha value is -3.91. The summed E-state index contributed by atoms with van der Waals surface area (Å²) in [7, 11) is 1.50. The number of benzene rings is 3. The highest BCUT2D eigenvalue weighted by Gasteiger charge is 2.41. The van der Waals surface area contributed by atoms with Crippen molar-refractivity contribution < 1.29 is 33.3 Å². The summed E-state index contributed by atoms with van der Waals surface area (Å²) in [5.41, 5.74) is 2.45. The van der Waals surface area contributed by atoms with E-state index in [1.807, 2.05) is 36.4 Å². The van der Waals surface area contributed by atoms with Gasteiger partial charge in [0.05, 0.1) is 13.2 Å². The second kappa shape index (κ2) is 11.9. The number of nitrogens with zero attached hydrogens (tertiary/aromatic N) is 1. The van der Waals surface area contributed by atoms with E-state index in [0.717, 1.165) is 31.2 Å². The molecule has 7 nitrogen and oxygen atoms in total. The summed E-state index contributed by atoms with van der Waals surface area (Å²) >= 11 is 0. The second-order valence-electron chi connectivity index (χ2n) is 9.97. The van der Waals surface area contributed by atoms with E-state index >= 15 is 0 Å². The van der Waals surface area contributed by atoms with Gasteiger partial charge < -0.3 is 24.2 Å². The molecule has 1 heterocycles. The van der Waals surface area contributed by atoms with Gasteiger partial charge in [-0.25, -0.2) is 9.18 Å². The fraction of sp³-hybridized carbons (Fsp3) is 0.355. The van der Waals surface area contributed by atoms with Crippen molar-refractivity contribution in [1.82, 2.24) is 4.90 Å². The molecule has 1 fully saturated rings. The summed E-state index contributed by atoms with van der Waals surface area (Å²) in [5, 5.41) is 10.2. The molecule has 1 N–H and O–H groups in total. The highest BCUT2D eigenvalue weighted by molar-refractivity contribution is 5.88. The highest BCUT2D eigenvalue weighted by Crippen LogP contribution is 2.40. The normalized spacial score (nSPS) is 17.9. The minimum absolute atomic E-state index is 0.0190. The molecule has 204 valence electrons. The monoisotopic (exact) mass is 533 g/mol. The lowest BCUT2D eigenvalue weighted by Crippen LogP contribution is -2.50. The van der Waals surface area contributed by atoms with Crippen molar-refractivity contribution in [2.45, 2.75) is 63.5 Å². The molecule has 0 radical (unpaired) electrons. The zero-order valence-corrected chi connectivity index (χ0v) is 21.8. The van der Waals surface area contributed by atoms with Crippen LogP contribution >= 0.6 is 0 Å². The number of ether oxygens (including phenoxy) is 3. The van der Waals surface area contributed by atoms with Gasteiger partial charge in [-0.3, -0.25) is 4.79 Å². The molecule has 0 saturated heterocycles. The number of aliphatic carboxylic acids is 1. The first kappa shape index (κ1) is 26.7. The lowest BCUT2D eigenvalue weighted by molar-refractivity contribution is -0.160. The van der Waals surface area contributed by atoms with E-state index in [4.69, 9.17) is 14.2 Å². The van der Waals surface area contributed by atoms with E-state index in [0.29, 0.717) is 28.2 Å². The van der Waals surface area contributed by atoms with E-state index in [-0.39, 0.29) is 31.6 Å². The smallest absolute Gasteiger partial charge is 0.326 e. The Morgan fingerprint density at radius 2 is 1.74 bits per heavy atom. The van der Waals surface area contributed by atoms with Crippen molar-refractivity contribution in [3.63, 3.8) is 0 Å². The molecule has 0 aromatic heterocycles. The summed E-state index contributed by atoms with van der Waals surface area (Å²) in [6.45, 7) is 0.0216. The summed E-state index contributed by atoms with van der Waals surface area (Å²) in [5.74, 6) is -1.12. The van der Waals surface area contributed by atoms with Crippen LogP contribution in [-0.4, -0.2) is 41.1 Å². The molecule has 3 aromatic rings. The average molecular weight is 534 g/mol. The van der Waals surface area contributed by atoms with Gasteiger partial charge in [-0.1, -0.05) is 67.4 Å². The largest absolute Gasteiger partial charge is 0.493 e. The molecule has 0 bridgehead atoms. The number of halogens is 1. The van der Waals surface area contributed by atoms with Crippen molar-refractivity contribution in [3.8, 4) is 11.5 Å². The van der Waals surface area contributed by atoms with Gasteiger partial charge in [-0.05, 0) is 36.1 Å². The van der Waals surface area contributed by atoms with E-state index in [1.54, 1.807) is 24.3 Å². The van der Waals surface area contributed by atoms with Crippen LogP contribution < -0.4 is 9.47 Å². The van der Waals surface area contributed by atoms with Crippen LogP contribution in [0.3, 0.4) is 0 Å². The van der Waals surface area contributed by atoms with Gasteiger partial charge in [-0.2, -0.15) is 0 Å². The molecule has 2 aliphatic rings. The SMILES string of the molecule is COc1ccc2c(c1OCc1ccccc1F)C[C@@H](C(=O)O)N(C(=O)[C@@H](OC1CCCC1)c1ccccc1)C2. The van der Waals surface area contributed by atoms with Gasteiger partial charge in [0, 0.05) is 24.1 Å². The van der Waals surface area contributed by atoms with E-state index in [1.165, 1.54) is 18.1 Å². The molecule has 39 heavy (non-hydrogen) atoms. The van der Waals surface area contributed by atoms with Gasteiger partial charge >= 0.3 is 5.97 Å². The topological polar surface area (TPSA) is 85.3 Å².